The Balaban J connectivity index is 2.90. The van der Waals surface area contributed by atoms with E-state index in [-0.39, 0.29) is 11.2 Å². The molecule has 0 spiro atoms. The average Bonchev–Trinajstić information content (AvgIpc) is 2.13. The van der Waals surface area contributed by atoms with Crippen molar-refractivity contribution in [1.29, 1.82) is 0 Å². The number of aromatic nitrogens is 1. The highest BCUT2D eigenvalue weighted by Crippen LogP contribution is 2.10. The minimum absolute atomic E-state index is 0.153. The van der Waals surface area contributed by atoms with Crippen molar-refractivity contribution < 1.29 is 4.79 Å². The van der Waals surface area contributed by atoms with Crippen molar-refractivity contribution in [3.63, 3.8) is 0 Å². The molecule has 0 unspecified atom stereocenters. The summed E-state index contributed by atoms with van der Waals surface area (Å²) in [6.45, 7) is 7.76. The number of carbonyl (C=O) groups is 1. The van der Waals surface area contributed by atoms with Crippen LogP contribution in [0.4, 0.5) is 0 Å². The number of Topliss-reactive ketones (excluding diaryl/α,β-unsaturated/α-hetero) is 1. The van der Waals surface area contributed by atoms with Crippen molar-refractivity contribution in [2.45, 2.75) is 27.7 Å². The van der Waals surface area contributed by atoms with Crippen LogP contribution in [0.2, 0.25) is 0 Å². The van der Waals surface area contributed by atoms with Crippen LogP contribution in [-0.2, 0) is 0 Å². The quantitative estimate of drug-likeness (QED) is 0.397. The molecule has 0 saturated carbocycles. The molecule has 0 aliphatic rings. The molecule has 1 heterocycles. The first-order valence-corrected chi connectivity index (χ1v) is 4.90. The number of hydrogen-bond acceptors (Lipinski definition) is 2. The molecule has 0 aliphatic carbocycles. The Morgan fingerprint density at radius 3 is 2.53 bits per heavy atom. The standard InChI is InChI=1S/C13H15NO/c1-10-6-5-7-11(14-10)12(15)8-9-13(2,3)4/h5-7H,1-4H3. The van der Waals surface area contributed by atoms with Crippen LogP contribution >= 0.6 is 0 Å². The fraction of sp³-hybridized carbons (Fsp3) is 0.385. The first-order valence-electron chi connectivity index (χ1n) is 4.90. The molecule has 0 fully saturated rings. The second-order valence-corrected chi connectivity index (χ2v) is 4.49. The molecule has 1 aromatic heterocycles. The van der Waals surface area contributed by atoms with Crippen molar-refractivity contribution in [1.82, 2.24) is 4.98 Å². The monoisotopic (exact) mass is 201 g/mol. The van der Waals surface area contributed by atoms with Gasteiger partial charge in [-0.05, 0) is 45.7 Å². The van der Waals surface area contributed by atoms with E-state index in [0.717, 1.165) is 5.69 Å². The molecular weight excluding hydrogens is 186 g/mol. The highest BCUT2D eigenvalue weighted by molar-refractivity contribution is 6.07. The Bertz CT molecular complexity index is 430. The molecule has 2 heteroatoms. The number of hydrogen-bond donors (Lipinski definition) is 0. The van der Waals surface area contributed by atoms with Gasteiger partial charge in [0.2, 0.25) is 0 Å². The second kappa shape index (κ2) is 4.27. The topological polar surface area (TPSA) is 30.0 Å². The van der Waals surface area contributed by atoms with E-state index in [1.807, 2.05) is 39.8 Å². The first kappa shape index (κ1) is 11.5. The first-order chi connectivity index (χ1) is 6.88. The maximum atomic E-state index is 11.6. The van der Waals surface area contributed by atoms with E-state index < -0.39 is 0 Å². The molecule has 0 amide bonds. The van der Waals surface area contributed by atoms with Gasteiger partial charge in [-0.3, -0.25) is 4.79 Å². The largest absolute Gasteiger partial charge is 0.277 e. The molecule has 1 rings (SSSR count). The zero-order chi connectivity index (χ0) is 11.5. The molecule has 0 radical (unpaired) electrons. The predicted octanol–water partition coefficient (Wildman–Crippen LogP) is 2.62. The number of aryl methyl sites for hydroxylation is 1. The van der Waals surface area contributed by atoms with E-state index in [4.69, 9.17) is 0 Å². The molecule has 0 N–H and O–H groups in total. The minimum Gasteiger partial charge on any atom is -0.277 e. The predicted molar refractivity (Wildman–Crippen MR) is 60.5 cm³/mol. The third kappa shape index (κ3) is 3.95. The van der Waals surface area contributed by atoms with Gasteiger partial charge in [-0.25, -0.2) is 4.98 Å². The summed E-state index contributed by atoms with van der Waals surface area (Å²) >= 11 is 0. The smallest absolute Gasteiger partial charge is 0.254 e. The zero-order valence-corrected chi connectivity index (χ0v) is 9.59. The molecule has 0 saturated heterocycles. The van der Waals surface area contributed by atoms with Crippen molar-refractivity contribution in [3.8, 4) is 11.8 Å². The lowest BCUT2D eigenvalue weighted by Crippen LogP contribution is -2.04. The summed E-state index contributed by atoms with van der Waals surface area (Å²) < 4.78 is 0. The Kier molecular flexibility index (Phi) is 3.26. The summed E-state index contributed by atoms with van der Waals surface area (Å²) in [4.78, 5) is 15.7. The lowest BCUT2D eigenvalue weighted by Gasteiger charge is -2.06. The van der Waals surface area contributed by atoms with Crippen molar-refractivity contribution in [2.75, 3.05) is 0 Å². The highest BCUT2D eigenvalue weighted by Gasteiger charge is 2.07. The van der Waals surface area contributed by atoms with E-state index in [2.05, 4.69) is 16.8 Å². The normalized spacial score (nSPS) is 10.4. The average molecular weight is 201 g/mol. The Labute approximate surface area is 90.7 Å². The van der Waals surface area contributed by atoms with Gasteiger partial charge in [-0.15, -0.1) is 0 Å². The van der Waals surface area contributed by atoms with E-state index in [9.17, 15) is 4.79 Å². The zero-order valence-electron chi connectivity index (χ0n) is 9.59. The van der Waals surface area contributed by atoms with Crippen molar-refractivity contribution >= 4 is 5.78 Å². The number of nitrogens with zero attached hydrogens (tertiary/aromatic N) is 1. The molecule has 78 valence electrons. The molecule has 0 aromatic carbocycles. The van der Waals surface area contributed by atoms with Crippen LogP contribution in [0.15, 0.2) is 18.2 Å². The van der Waals surface area contributed by atoms with Gasteiger partial charge in [0.15, 0.2) is 0 Å². The highest BCUT2D eigenvalue weighted by atomic mass is 16.1. The van der Waals surface area contributed by atoms with E-state index in [0.29, 0.717) is 5.69 Å². The molecule has 0 bridgehead atoms. The number of rotatable bonds is 1. The van der Waals surface area contributed by atoms with Crippen LogP contribution in [0.3, 0.4) is 0 Å². The van der Waals surface area contributed by atoms with Gasteiger partial charge in [-0.2, -0.15) is 0 Å². The van der Waals surface area contributed by atoms with E-state index >= 15 is 0 Å². The Morgan fingerprint density at radius 1 is 1.33 bits per heavy atom. The van der Waals surface area contributed by atoms with Gasteiger partial charge in [-0.1, -0.05) is 12.0 Å². The Morgan fingerprint density at radius 2 is 2.00 bits per heavy atom. The lowest BCUT2D eigenvalue weighted by molar-refractivity contribution is 0.105. The molecule has 0 atom stereocenters. The van der Waals surface area contributed by atoms with Crippen LogP contribution in [0.5, 0.6) is 0 Å². The van der Waals surface area contributed by atoms with Gasteiger partial charge in [0.05, 0.1) is 0 Å². The van der Waals surface area contributed by atoms with E-state index in [1.54, 1.807) is 6.07 Å². The molecule has 15 heavy (non-hydrogen) atoms. The third-order valence-corrected chi connectivity index (χ3v) is 1.67. The molecular formula is C13H15NO. The Hall–Kier alpha value is -1.62. The van der Waals surface area contributed by atoms with Gasteiger partial charge < -0.3 is 0 Å². The summed E-state index contributed by atoms with van der Waals surface area (Å²) in [5.74, 6) is 5.30. The molecule has 2 nitrogen and oxygen atoms in total. The summed E-state index contributed by atoms with van der Waals surface area (Å²) in [5, 5.41) is 0. The van der Waals surface area contributed by atoms with Crippen LogP contribution < -0.4 is 0 Å². The summed E-state index contributed by atoms with van der Waals surface area (Å²) in [6.07, 6.45) is 0. The van der Waals surface area contributed by atoms with Crippen molar-refractivity contribution in [3.05, 3.63) is 29.6 Å². The van der Waals surface area contributed by atoms with Crippen LogP contribution in [0.1, 0.15) is 37.0 Å². The summed E-state index contributed by atoms with van der Waals surface area (Å²) in [5.41, 5.74) is 1.10. The second-order valence-electron chi connectivity index (χ2n) is 4.49. The van der Waals surface area contributed by atoms with Gasteiger partial charge >= 0.3 is 0 Å². The number of carbonyl (C=O) groups excluding carboxylic acids is 1. The number of ketones is 1. The molecule has 1 aromatic rings. The van der Waals surface area contributed by atoms with Gasteiger partial charge in [0, 0.05) is 11.1 Å². The third-order valence-electron chi connectivity index (χ3n) is 1.67. The summed E-state index contributed by atoms with van der Waals surface area (Å²) in [6, 6.07) is 5.36. The van der Waals surface area contributed by atoms with Crippen molar-refractivity contribution in [2.24, 2.45) is 5.41 Å². The van der Waals surface area contributed by atoms with Crippen LogP contribution in [0.25, 0.3) is 0 Å². The van der Waals surface area contributed by atoms with Gasteiger partial charge in [0.1, 0.15) is 5.69 Å². The van der Waals surface area contributed by atoms with Gasteiger partial charge in [0.25, 0.3) is 5.78 Å². The van der Waals surface area contributed by atoms with Crippen LogP contribution in [-0.4, -0.2) is 10.8 Å². The van der Waals surface area contributed by atoms with E-state index in [1.165, 1.54) is 0 Å². The fourth-order valence-corrected chi connectivity index (χ4v) is 0.978. The fourth-order valence-electron chi connectivity index (χ4n) is 0.978. The van der Waals surface area contributed by atoms with Crippen LogP contribution in [0, 0.1) is 24.2 Å². The minimum atomic E-state index is -0.214. The summed E-state index contributed by atoms with van der Waals surface area (Å²) in [7, 11) is 0. The maximum absolute atomic E-state index is 11.6. The maximum Gasteiger partial charge on any atom is 0.254 e. The lowest BCUT2D eigenvalue weighted by atomic mass is 9.97. The number of pyridine rings is 1. The molecule has 0 aliphatic heterocycles. The SMILES string of the molecule is Cc1cccc(C(=O)C#CC(C)(C)C)n1.